The maximum absolute atomic E-state index is 2.26. The van der Waals surface area contributed by atoms with Crippen LogP contribution in [0.4, 0.5) is 0 Å². The molecule has 1 aromatic rings. The lowest BCUT2D eigenvalue weighted by molar-refractivity contribution is 0.893. The topological polar surface area (TPSA) is 0 Å². The predicted molar refractivity (Wildman–Crippen MR) is 63.0 cm³/mol. The van der Waals surface area contributed by atoms with Gasteiger partial charge in [0.15, 0.2) is 0 Å². The standard InChI is InChI=1S/C12H19P/c1-3-4-9-13-10-12-8-6-5-7-11(12)2/h5-8,13H,3-4,9-10H2,1-2H3. The molecule has 1 atom stereocenters. The van der Waals surface area contributed by atoms with Crippen LogP contribution in [-0.4, -0.2) is 6.16 Å². The first-order valence-electron chi connectivity index (χ1n) is 5.10. The molecule has 1 unspecified atom stereocenters. The molecule has 0 N–H and O–H groups in total. The zero-order valence-electron chi connectivity index (χ0n) is 8.64. The maximum atomic E-state index is 2.26. The van der Waals surface area contributed by atoms with Gasteiger partial charge in [0.1, 0.15) is 0 Å². The molecule has 0 heterocycles. The molecule has 0 saturated carbocycles. The summed E-state index contributed by atoms with van der Waals surface area (Å²) < 4.78 is 0. The molecule has 0 aliphatic rings. The normalized spacial score (nSPS) is 11.2. The second kappa shape index (κ2) is 6.16. The molecule has 1 rings (SSSR count). The average Bonchev–Trinajstić information content (AvgIpc) is 2.15. The van der Waals surface area contributed by atoms with E-state index in [9.17, 15) is 0 Å². The van der Waals surface area contributed by atoms with Crippen molar-refractivity contribution in [1.29, 1.82) is 0 Å². The van der Waals surface area contributed by atoms with E-state index in [0.29, 0.717) is 0 Å². The van der Waals surface area contributed by atoms with Crippen LogP contribution in [0, 0.1) is 6.92 Å². The van der Waals surface area contributed by atoms with Crippen LogP contribution in [0.25, 0.3) is 0 Å². The minimum absolute atomic E-state index is 1.11. The van der Waals surface area contributed by atoms with Gasteiger partial charge in [-0.2, -0.15) is 0 Å². The Hall–Kier alpha value is -0.350. The first-order chi connectivity index (χ1) is 6.34. The Bertz CT molecular complexity index is 243. The lowest BCUT2D eigenvalue weighted by Gasteiger charge is -2.04. The summed E-state index contributed by atoms with van der Waals surface area (Å²) in [6.07, 6.45) is 5.42. The molecule has 0 saturated heterocycles. The largest absolute Gasteiger partial charge is 0.118 e. The molecular weight excluding hydrogens is 175 g/mol. The van der Waals surface area contributed by atoms with Crippen molar-refractivity contribution in [2.45, 2.75) is 32.9 Å². The van der Waals surface area contributed by atoms with Crippen LogP contribution in [0.15, 0.2) is 24.3 Å². The highest BCUT2D eigenvalue weighted by atomic mass is 31.1. The van der Waals surface area contributed by atoms with Gasteiger partial charge in [-0.15, -0.1) is 8.58 Å². The summed E-state index contributed by atoms with van der Waals surface area (Å²) >= 11 is 0. The number of rotatable bonds is 5. The molecule has 0 fully saturated rings. The molecule has 1 aromatic carbocycles. The Morgan fingerprint density at radius 2 is 2.00 bits per heavy atom. The minimum Gasteiger partial charge on any atom is -0.118 e. The van der Waals surface area contributed by atoms with Crippen molar-refractivity contribution in [2.24, 2.45) is 0 Å². The first kappa shape index (κ1) is 10.7. The molecule has 0 aromatic heterocycles. The van der Waals surface area contributed by atoms with Gasteiger partial charge >= 0.3 is 0 Å². The van der Waals surface area contributed by atoms with E-state index in [1.165, 1.54) is 36.3 Å². The average molecular weight is 194 g/mol. The van der Waals surface area contributed by atoms with Gasteiger partial charge in [-0.25, -0.2) is 0 Å². The van der Waals surface area contributed by atoms with Crippen molar-refractivity contribution in [3.8, 4) is 0 Å². The lowest BCUT2D eigenvalue weighted by Crippen LogP contribution is -1.85. The third-order valence-electron chi connectivity index (χ3n) is 2.28. The van der Waals surface area contributed by atoms with Crippen molar-refractivity contribution in [3.63, 3.8) is 0 Å². The molecule has 0 nitrogen and oxygen atoms in total. The lowest BCUT2D eigenvalue weighted by atomic mass is 10.1. The van der Waals surface area contributed by atoms with E-state index in [2.05, 4.69) is 38.1 Å². The molecule has 72 valence electrons. The van der Waals surface area contributed by atoms with Crippen molar-refractivity contribution in [3.05, 3.63) is 35.4 Å². The fourth-order valence-corrected chi connectivity index (χ4v) is 2.78. The molecule has 0 amide bonds. The molecule has 0 spiro atoms. The number of hydrogen-bond donors (Lipinski definition) is 0. The molecule has 0 aliphatic heterocycles. The summed E-state index contributed by atoms with van der Waals surface area (Å²) in [6, 6.07) is 8.73. The summed E-state index contributed by atoms with van der Waals surface area (Å²) in [6.45, 7) is 4.47. The highest BCUT2D eigenvalue weighted by molar-refractivity contribution is 7.37. The minimum atomic E-state index is 1.11. The fraction of sp³-hybridized carbons (Fsp3) is 0.500. The molecule has 1 heteroatoms. The van der Waals surface area contributed by atoms with Crippen molar-refractivity contribution in [2.75, 3.05) is 6.16 Å². The van der Waals surface area contributed by atoms with Gasteiger partial charge in [-0.1, -0.05) is 37.6 Å². The fourth-order valence-electron chi connectivity index (χ4n) is 1.33. The molecule has 0 bridgehead atoms. The van der Waals surface area contributed by atoms with E-state index in [0.717, 1.165) is 8.58 Å². The van der Waals surface area contributed by atoms with Crippen molar-refractivity contribution >= 4 is 8.58 Å². The summed E-state index contributed by atoms with van der Waals surface area (Å²) in [4.78, 5) is 0. The highest BCUT2D eigenvalue weighted by Gasteiger charge is 1.95. The summed E-state index contributed by atoms with van der Waals surface area (Å²) in [5.41, 5.74) is 2.99. The second-order valence-corrected chi connectivity index (χ2v) is 4.81. The van der Waals surface area contributed by atoms with Gasteiger partial charge in [0.05, 0.1) is 0 Å². The molecular formula is C12H19P. The summed E-state index contributed by atoms with van der Waals surface area (Å²) in [5, 5.41) is 0. The smallest absolute Gasteiger partial charge is 0.00980 e. The van der Waals surface area contributed by atoms with Gasteiger partial charge in [0.2, 0.25) is 0 Å². The third-order valence-corrected chi connectivity index (χ3v) is 3.62. The zero-order valence-corrected chi connectivity index (χ0v) is 9.64. The van der Waals surface area contributed by atoms with Crippen molar-refractivity contribution in [1.82, 2.24) is 0 Å². The van der Waals surface area contributed by atoms with Crippen LogP contribution in [-0.2, 0) is 6.16 Å². The molecule has 0 radical (unpaired) electrons. The summed E-state index contributed by atoms with van der Waals surface area (Å²) in [5.74, 6) is 0. The number of benzene rings is 1. The van der Waals surface area contributed by atoms with Crippen molar-refractivity contribution < 1.29 is 0 Å². The van der Waals surface area contributed by atoms with E-state index in [4.69, 9.17) is 0 Å². The van der Waals surface area contributed by atoms with Gasteiger partial charge in [-0.3, -0.25) is 0 Å². The molecule has 13 heavy (non-hydrogen) atoms. The first-order valence-corrected chi connectivity index (χ1v) is 6.51. The Morgan fingerprint density at radius 3 is 2.69 bits per heavy atom. The third kappa shape index (κ3) is 3.91. The van der Waals surface area contributed by atoms with Gasteiger partial charge in [0, 0.05) is 0 Å². The number of unbranched alkanes of at least 4 members (excludes halogenated alkanes) is 1. The molecule has 0 aliphatic carbocycles. The van der Waals surface area contributed by atoms with E-state index in [-0.39, 0.29) is 0 Å². The predicted octanol–water partition coefficient (Wildman–Crippen LogP) is 3.97. The van der Waals surface area contributed by atoms with Crippen LogP contribution in [0.1, 0.15) is 30.9 Å². The highest BCUT2D eigenvalue weighted by Crippen LogP contribution is 2.21. The second-order valence-electron chi connectivity index (χ2n) is 3.46. The maximum Gasteiger partial charge on any atom is -0.00980 e. The quantitative estimate of drug-likeness (QED) is 0.491. The van der Waals surface area contributed by atoms with Crippen LogP contribution >= 0.6 is 8.58 Å². The number of aryl methyl sites for hydroxylation is 1. The van der Waals surface area contributed by atoms with Gasteiger partial charge in [-0.05, 0) is 36.8 Å². The Kier molecular flexibility index (Phi) is 5.08. The summed E-state index contributed by atoms with van der Waals surface area (Å²) in [7, 11) is 1.11. The van der Waals surface area contributed by atoms with E-state index in [1.54, 1.807) is 0 Å². The zero-order chi connectivity index (χ0) is 9.52. The Labute approximate surface area is 83.5 Å². The Balaban J connectivity index is 2.32. The monoisotopic (exact) mass is 194 g/mol. The van der Waals surface area contributed by atoms with Gasteiger partial charge in [0.25, 0.3) is 0 Å². The van der Waals surface area contributed by atoms with Crippen LogP contribution in [0.5, 0.6) is 0 Å². The van der Waals surface area contributed by atoms with E-state index < -0.39 is 0 Å². The SMILES string of the molecule is CCCCPCc1ccccc1C. The van der Waals surface area contributed by atoms with Crippen LogP contribution in [0.3, 0.4) is 0 Å². The number of hydrogen-bond acceptors (Lipinski definition) is 0. The van der Waals surface area contributed by atoms with Gasteiger partial charge < -0.3 is 0 Å². The van der Waals surface area contributed by atoms with Crippen LogP contribution in [0.2, 0.25) is 0 Å². The van der Waals surface area contributed by atoms with E-state index >= 15 is 0 Å². The van der Waals surface area contributed by atoms with Crippen LogP contribution < -0.4 is 0 Å². The Morgan fingerprint density at radius 1 is 1.23 bits per heavy atom. The van der Waals surface area contributed by atoms with E-state index in [1.807, 2.05) is 0 Å².